The number of Topliss-reactive ketones (excluding diaryl/α,β-unsaturated/α-hetero) is 3. The SMILES string of the molecule is CCCO[C@H](C[C@H](C(C)C)N(CCC)C(=O)[C@@H](CC(=O)[C@H]1CCCCN1C(=O)OCc1ccc(NC(=O)[C@H](CCCNC(N)=O)CC(=O)[C@@H](CC(=O)CCCCCN2C(=O)C=CC2=O)C(C)C)cc1)[C@@H](C)CC)c1nc(C(=O)N[C@@H](Cc2ccc(O)cc2)C[C@H](C)C(=O)OC)cs1. The van der Waals surface area contributed by atoms with Crippen molar-refractivity contribution in [3.05, 3.63) is 87.9 Å². The number of imide groups is 1. The number of nitrogens with two attached hydrogens (primary N) is 1. The van der Waals surface area contributed by atoms with Gasteiger partial charge in [0.05, 0.1) is 19.1 Å². The molecule has 2 aliphatic rings. The molecule has 2 aromatic carbocycles. The van der Waals surface area contributed by atoms with Crippen molar-refractivity contribution in [1.29, 1.82) is 0 Å². The van der Waals surface area contributed by atoms with E-state index in [2.05, 4.69) is 29.8 Å². The molecule has 9 atom stereocenters. The molecule has 23 nitrogen and oxygen atoms in total. The van der Waals surface area contributed by atoms with Crippen LogP contribution in [0.3, 0.4) is 0 Å². The van der Waals surface area contributed by atoms with E-state index in [0.29, 0.717) is 113 Å². The summed E-state index contributed by atoms with van der Waals surface area (Å²) >= 11 is 1.30. The molecule has 1 fully saturated rings. The summed E-state index contributed by atoms with van der Waals surface area (Å²) in [4.78, 5) is 156. The van der Waals surface area contributed by atoms with E-state index in [1.54, 1.807) is 60.8 Å². The number of primary amides is 1. The number of likely N-dealkylation sites (tertiary alicyclic amines) is 1. The van der Waals surface area contributed by atoms with E-state index in [0.717, 1.165) is 10.5 Å². The van der Waals surface area contributed by atoms with Crippen molar-refractivity contribution < 1.29 is 72.1 Å². The Bertz CT molecular complexity index is 3110. The predicted octanol–water partition coefficient (Wildman–Crippen LogP) is 11.0. The number of hydrogen-bond acceptors (Lipinski definition) is 17. The summed E-state index contributed by atoms with van der Waals surface area (Å²) in [7, 11) is 1.32. The number of ketones is 3. The van der Waals surface area contributed by atoms with Crippen LogP contribution < -0.4 is 21.7 Å². The first-order valence-electron chi connectivity index (χ1n) is 34.8. The number of aromatic hydroxyl groups is 1. The maximum Gasteiger partial charge on any atom is 0.410 e. The van der Waals surface area contributed by atoms with Gasteiger partial charge in [0, 0.05) is 118 Å². The first-order chi connectivity index (χ1) is 46.3. The van der Waals surface area contributed by atoms with Gasteiger partial charge < -0.3 is 45.9 Å². The highest BCUT2D eigenvalue weighted by Gasteiger charge is 2.41. The summed E-state index contributed by atoms with van der Waals surface area (Å²) in [5.74, 6) is -5.64. The van der Waals surface area contributed by atoms with Crippen molar-refractivity contribution in [3.63, 3.8) is 0 Å². The van der Waals surface area contributed by atoms with Crippen molar-refractivity contribution in [2.24, 2.45) is 47.2 Å². The van der Waals surface area contributed by atoms with Gasteiger partial charge in [0.2, 0.25) is 11.8 Å². The van der Waals surface area contributed by atoms with E-state index in [4.69, 9.17) is 24.9 Å². The van der Waals surface area contributed by atoms with Crippen LogP contribution in [0.4, 0.5) is 15.3 Å². The van der Waals surface area contributed by atoms with Crippen LogP contribution in [0.5, 0.6) is 5.75 Å². The van der Waals surface area contributed by atoms with Crippen LogP contribution in [-0.2, 0) is 65.6 Å². The van der Waals surface area contributed by atoms with Gasteiger partial charge in [-0.2, -0.15) is 0 Å². The average Bonchev–Trinajstić information content (AvgIpc) is 1.70. The number of esters is 1. The first kappa shape index (κ1) is 79.8. The van der Waals surface area contributed by atoms with Crippen LogP contribution in [0.2, 0.25) is 0 Å². The molecule has 6 N–H and O–H groups in total. The highest BCUT2D eigenvalue weighted by Crippen LogP contribution is 2.35. The summed E-state index contributed by atoms with van der Waals surface area (Å²) < 4.78 is 17.4. The third-order valence-corrected chi connectivity index (χ3v) is 19.4. The number of hydrogen-bond donors (Lipinski definition) is 5. The minimum absolute atomic E-state index is 0.0120. The van der Waals surface area contributed by atoms with Gasteiger partial charge in [0.15, 0.2) is 5.78 Å². The first-order valence-corrected chi connectivity index (χ1v) is 35.7. The summed E-state index contributed by atoms with van der Waals surface area (Å²) in [6.07, 6.45) is 8.31. The Hall–Kier alpha value is -7.86. The van der Waals surface area contributed by atoms with E-state index in [9.17, 15) is 53.1 Å². The quantitative estimate of drug-likeness (QED) is 0.0200. The van der Waals surface area contributed by atoms with Crippen molar-refractivity contribution in [3.8, 4) is 5.75 Å². The number of nitrogens with one attached hydrogen (secondary N) is 3. The number of anilines is 1. The van der Waals surface area contributed by atoms with Crippen molar-refractivity contribution in [1.82, 2.24) is 30.3 Å². The molecule has 0 bridgehead atoms. The zero-order valence-electron chi connectivity index (χ0n) is 58.6. The molecule has 24 heteroatoms. The molecule has 0 saturated carbocycles. The number of phenols is 1. The molecule has 8 amide bonds. The molecule has 2 aliphatic heterocycles. The normalized spacial score (nSPS) is 16.4. The molecule has 0 spiro atoms. The second-order valence-electron chi connectivity index (χ2n) is 26.7. The van der Waals surface area contributed by atoms with Gasteiger partial charge >= 0.3 is 18.1 Å². The molecule has 0 aliphatic carbocycles. The highest BCUT2D eigenvalue weighted by molar-refractivity contribution is 7.09. The number of rotatable bonds is 43. The molecule has 5 rings (SSSR count). The number of nitrogens with zero attached hydrogens (tertiary/aromatic N) is 4. The van der Waals surface area contributed by atoms with E-state index in [-0.39, 0.29) is 129 Å². The van der Waals surface area contributed by atoms with Crippen molar-refractivity contribution in [2.75, 3.05) is 45.2 Å². The van der Waals surface area contributed by atoms with Crippen LogP contribution in [0, 0.1) is 41.4 Å². The van der Waals surface area contributed by atoms with Crippen LogP contribution in [0.1, 0.15) is 204 Å². The second-order valence-corrected chi connectivity index (χ2v) is 27.6. The van der Waals surface area contributed by atoms with E-state index >= 15 is 4.79 Å². The Labute approximate surface area is 576 Å². The maximum atomic E-state index is 15.3. The van der Waals surface area contributed by atoms with E-state index < -0.39 is 71.8 Å². The summed E-state index contributed by atoms with van der Waals surface area (Å²) in [6.45, 7) is 19.0. The van der Waals surface area contributed by atoms with Gasteiger partial charge in [0.1, 0.15) is 40.7 Å². The number of ether oxygens (including phenoxy) is 3. The molecule has 1 saturated heterocycles. The van der Waals surface area contributed by atoms with Crippen molar-refractivity contribution in [2.45, 2.75) is 209 Å². The minimum Gasteiger partial charge on any atom is -0.508 e. The maximum absolute atomic E-state index is 15.3. The fourth-order valence-corrected chi connectivity index (χ4v) is 13.4. The molecule has 3 aromatic rings. The number of aromatic nitrogens is 1. The fraction of sp³-hybridized carbons (Fsp3) is 0.616. The van der Waals surface area contributed by atoms with Gasteiger partial charge in [-0.1, -0.05) is 99.4 Å². The number of carbonyl (C=O) groups excluding carboxylic acids is 11. The Morgan fingerprint density at radius 3 is 2.12 bits per heavy atom. The smallest absolute Gasteiger partial charge is 0.410 e. The lowest BCUT2D eigenvalue weighted by atomic mass is 9.81. The van der Waals surface area contributed by atoms with Gasteiger partial charge in [-0.05, 0) is 124 Å². The predicted molar refractivity (Wildman–Crippen MR) is 370 cm³/mol. The summed E-state index contributed by atoms with van der Waals surface area (Å²) in [5, 5.41) is 20.7. The Morgan fingerprint density at radius 2 is 1.49 bits per heavy atom. The molecule has 3 heterocycles. The number of benzene rings is 2. The highest BCUT2D eigenvalue weighted by atomic mass is 32.1. The van der Waals surface area contributed by atoms with Crippen LogP contribution in [-0.4, -0.2) is 148 Å². The summed E-state index contributed by atoms with van der Waals surface area (Å²) in [6, 6.07) is 11.0. The molecular formula is C73H106N8O15S. The van der Waals surface area contributed by atoms with Crippen LogP contribution in [0.15, 0.2) is 66.1 Å². The van der Waals surface area contributed by atoms with Gasteiger partial charge in [-0.25, -0.2) is 14.6 Å². The largest absolute Gasteiger partial charge is 0.508 e. The third kappa shape index (κ3) is 25.5. The van der Waals surface area contributed by atoms with Gasteiger partial charge in [-0.3, -0.25) is 53.0 Å². The van der Waals surface area contributed by atoms with Gasteiger partial charge in [0.25, 0.3) is 17.7 Å². The standard InChI is InChI=1S/C73H106N8O15S/c1-11-34-79(61(47(6)7)43-64(95-37-12-2)69-78-59(45-97-69)68(89)77-54(38-49(9)71(91)94-10)39-50-25-29-55(82)30-26-50)70(90)58(48(8)13-3)42-63(85)60-22-16-18-35-80(60)73(93)96-44-51-23-27-53(28-24-51)76-67(88)52(20-19-33-75-72(74)92)40-62(84)57(46(4)5)41-56(83)21-15-14-17-36-81-65(86)31-32-66(81)87/h23-32,45-49,52,54,57-58,60-61,64,82H,11-22,33-44H2,1-10H3,(H,76,88)(H,77,89)(H3,74,75,92)/t48-,49-,52+,54+,57-,58-,60+,61+,64+/m0/s1. The monoisotopic (exact) mass is 1370 g/mol. The Kier molecular flexibility index (Phi) is 33.5. The lowest BCUT2D eigenvalue weighted by molar-refractivity contribution is -0.145. The average molecular weight is 1370 g/mol. The number of thiazole rings is 1. The van der Waals surface area contributed by atoms with Gasteiger partial charge in [-0.15, -0.1) is 11.3 Å². The lowest BCUT2D eigenvalue weighted by Gasteiger charge is -2.40. The summed E-state index contributed by atoms with van der Waals surface area (Å²) in [5.41, 5.74) is 7.34. The zero-order valence-corrected chi connectivity index (χ0v) is 59.4. The number of amides is 8. The molecule has 0 radical (unpaired) electrons. The van der Waals surface area contributed by atoms with E-state index in [1.165, 1.54) is 35.5 Å². The number of phenolic OH excluding ortho intramolecular Hbond substituents is 1. The fourth-order valence-electron chi connectivity index (χ4n) is 12.6. The zero-order chi connectivity index (χ0) is 71.3. The Morgan fingerprint density at radius 1 is 0.804 bits per heavy atom. The van der Waals surface area contributed by atoms with E-state index in [1.807, 2.05) is 46.4 Å². The number of carbonyl (C=O) groups is 11. The molecule has 97 heavy (non-hydrogen) atoms. The number of urea groups is 1. The molecular weight excluding hydrogens is 1260 g/mol. The number of piperidine rings is 1. The number of methoxy groups -OCH3 is 1. The number of unbranched alkanes of at least 4 members (excludes halogenated alkanes) is 2. The lowest BCUT2D eigenvalue weighted by Crippen LogP contribution is -2.51. The van der Waals surface area contributed by atoms with Crippen LogP contribution in [0.25, 0.3) is 0 Å². The topological polar surface area (TPSA) is 320 Å². The molecule has 1 aromatic heterocycles. The van der Waals surface area contributed by atoms with Crippen LogP contribution >= 0.6 is 11.3 Å². The van der Waals surface area contributed by atoms with Crippen molar-refractivity contribution >= 4 is 82.0 Å². The second kappa shape index (κ2) is 40.8. The molecule has 534 valence electrons. The Balaban J connectivity index is 1.22. The minimum atomic E-state index is -0.814. The third-order valence-electron chi connectivity index (χ3n) is 18.4. The molecule has 0 unspecified atom stereocenters.